The summed E-state index contributed by atoms with van der Waals surface area (Å²) in [6.07, 6.45) is -0.648. The van der Waals surface area contributed by atoms with Crippen LogP contribution in [0, 0.1) is 0 Å². The van der Waals surface area contributed by atoms with Crippen LogP contribution in [0.2, 0.25) is 0 Å². The van der Waals surface area contributed by atoms with Gasteiger partial charge in [0.25, 0.3) is 0 Å². The van der Waals surface area contributed by atoms with Crippen LogP contribution in [0.15, 0.2) is 48.5 Å². The van der Waals surface area contributed by atoms with Crippen LogP contribution < -0.4 is 10.1 Å². The van der Waals surface area contributed by atoms with Gasteiger partial charge in [0.1, 0.15) is 18.0 Å². The molecular weight excluding hydrogens is 322 g/mol. The molecule has 6 heteroatoms. The van der Waals surface area contributed by atoms with Crippen LogP contribution in [0.5, 0.6) is 5.75 Å². The molecule has 0 aliphatic rings. The summed E-state index contributed by atoms with van der Waals surface area (Å²) < 4.78 is 10.9. The first-order valence-corrected chi connectivity index (χ1v) is 7.79. The van der Waals surface area contributed by atoms with E-state index in [0.717, 1.165) is 5.56 Å². The van der Waals surface area contributed by atoms with Crippen LogP contribution in [0.4, 0.5) is 10.5 Å². The molecule has 0 saturated heterocycles. The molecule has 2 aromatic rings. The molecule has 2 N–H and O–H groups in total. The summed E-state index contributed by atoms with van der Waals surface area (Å²) in [5.74, 6) is -0.805. The molecule has 2 aromatic carbocycles. The molecule has 0 aliphatic carbocycles. The van der Waals surface area contributed by atoms with Gasteiger partial charge in [-0.1, -0.05) is 30.3 Å². The number of hydrogen-bond acceptors (Lipinski definition) is 4. The van der Waals surface area contributed by atoms with Crippen molar-refractivity contribution in [1.82, 2.24) is 0 Å². The molecule has 2 rings (SSSR count). The molecule has 25 heavy (non-hydrogen) atoms. The Morgan fingerprint density at radius 3 is 2.36 bits per heavy atom. The quantitative estimate of drug-likeness (QED) is 0.845. The molecule has 0 aromatic heterocycles. The maximum Gasteiger partial charge on any atom is 0.412 e. The Kier molecular flexibility index (Phi) is 5.64. The third-order valence-corrected chi connectivity index (χ3v) is 3.09. The molecule has 0 spiro atoms. The lowest BCUT2D eigenvalue weighted by Gasteiger charge is -2.23. The summed E-state index contributed by atoms with van der Waals surface area (Å²) in [6, 6.07) is 13.5. The third-order valence-electron chi connectivity index (χ3n) is 3.09. The van der Waals surface area contributed by atoms with Crippen LogP contribution >= 0.6 is 0 Å². The molecule has 132 valence electrons. The number of carboxylic acids is 1. The fraction of sp³-hybridized carbons (Fsp3) is 0.263. The Morgan fingerprint density at radius 2 is 1.76 bits per heavy atom. The Balaban J connectivity index is 2.11. The highest BCUT2D eigenvalue weighted by Gasteiger charge is 2.18. The van der Waals surface area contributed by atoms with Crippen molar-refractivity contribution in [2.75, 3.05) is 5.32 Å². The smallest absolute Gasteiger partial charge is 0.412 e. The number of aromatic carboxylic acids is 1. The molecular formula is C19H21NO5. The first-order chi connectivity index (χ1) is 11.7. The van der Waals surface area contributed by atoms with Crippen LogP contribution in [0.1, 0.15) is 36.7 Å². The van der Waals surface area contributed by atoms with Gasteiger partial charge in [0.15, 0.2) is 0 Å². The first kappa shape index (κ1) is 18.3. The predicted octanol–water partition coefficient (Wildman–Crippen LogP) is 4.31. The zero-order valence-corrected chi connectivity index (χ0v) is 14.4. The van der Waals surface area contributed by atoms with E-state index in [1.807, 2.05) is 51.1 Å². The summed E-state index contributed by atoms with van der Waals surface area (Å²) in [7, 11) is 0. The number of nitrogens with one attached hydrogen (secondary N) is 1. The highest BCUT2D eigenvalue weighted by atomic mass is 16.5. The molecule has 0 atom stereocenters. The highest BCUT2D eigenvalue weighted by Crippen LogP contribution is 2.29. The average molecular weight is 343 g/mol. The lowest BCUT2D eigenvalue weighted by Crippen LogP contribution is -2.24. The van der Waals surface area contributed by atoms with Crippen LogP contribution in [-0.4, -0.2) is 22.8 Å². The molecule has 0 bridgehead atoms. The van der Waals surface area contributed by atoms with Crippen molar-refractivity contribution < 1.29 is 24.2 Å². The Bertz CT molecular complexity index is 750. The average Bonchev–Trinajstić information content (AvgIpc) is 2.54. The normalized spacial score (nSPS) is 10.8. The van der Waals surface area contributed by atoms with Gasteiger partial charge < -0.3 is 14.6 Å². The zero-order chi connectivity index (χ0) is 18.4. The number of rotatable bonds is 5. The fourth-order valence-electron chi connectivity index (χ4n) is 2.04. The summed E-state index contributed by atoms with van der Waals surface area (Å²) in [5, 5.41) is 11.7. The highest BCUT2D eigenvalue weighted by molar-refractivity contribution is 5.91. The summed E-state index contributed by atoms with van der Waals surface area (Å²) in [6.45, 7) is 5.63. The maximum atomic E-state index is 12.0. The molecule has 0 radical (unpaired) electrons. The number of carbonyl (C=O) groups excluding carboxylic acids is 1. The number of carbonyl (C=O) groups is 2. The molecule has 1 amide bonds. The van der Waals surface area contributed by atoms with E-state index in [-0.39, 0.29) is 17.9 Å². The van der Waals surface area contributed by atoms with E-state index in [4.69, 9.17) is 14.6 Å². The number of carboxylic acid groups (broad SMARTS) is 1. The minimum absolute atomic E-state index is 0.0717. The minimum Gasteiger partial charge on any atom is -0.486 e. The van der Waals surface area contributed by atoms with Crippen LogP contribution in [0.25, 0.3) is 0 Å². The van der Waals surface area contributed by atoms with Gasteiger partial charge in [-0.2, -0.15) is 0 Å². The van der Waals surface area contributed by atoms with E-state index in [2.05, 4.69) is 5.32 Å². The van der Waals surface area contributed by atoms with E-state index in [1.165, 1.54) is 18.2 Å². The third kappa shape index (κ3) is 5.84. The van der Waals surface area contributed by atoms with Gasteiger partial charge in [-0.15, -0.1) is 0 Å². The van der Waals surface area contributed by atoms with Crippen molar-refractivity contribution in [2.45, 2.75) is 33.0 Å². The van der Waals surface area contributed by atoms with Crippen molar-refractivity contribution in [1.29, 1.82) is 0 Å². The lowest BCUT2D eigenvalue weighted by molar-refractivity contribution is 0.0694. The van der Waals surface area contributed by atoms with Crippen molar-refractivity contribution in [3.05, 3.63) is 59.7 Å². The summed E-state index contributed by atoms with van der Waals surface area (Å²) >= 11 is 0. The molecule has 0 heterocycles. The van der Waals surface area contributed by atoms with Gasteiger partial charge in [0.2, 0.25) is 0 Å². The van der Waals surface area contributed by atoms with E-state index < -0.39 is 17.7 Å². The molecule has 0 fully saturated rings. The van der Waals surface area contributed by atoms with Gasteiger partial charge in [0.05, 0.1) is 11.3 Å². The van der Waals surface area contributed by atoms with E-state index in [0.29, 0.717) is 5.69 Å². The largest absolute Gasteiger partial charge is 0.486 e. The number of benzene rings is 2. The second-order valence-electron chi connectivity index (χ2n) is 6.42. The lowest BCUT2D eigenvalue weighted by atomic mass is 10.1. The first-order valence-electron chi connectivity index (χ1n) is 7.79. The van der Waals surface area contributed by atoms with E-state index in [9.17, 15) is 9.59 Å². The van der Waals surface area contributed by atoms with Crippen LogP contribution in [-0.2, 0) is 11.3 Å². The monoisotopic (exact) mass is 343 g/mol. The summed E-state index contributed by atoms with van der Waals surface area (Å²) in [5.41, 5.74) is 0.729. The van der Waals surface area contributed by atoms with Gasteiger partial charge in [-0.25, -0.2) is 9.59 Å². The molecule has 0 aliphatic heterocycles. The van der Waals surface area contributed by atoms with Crippen molar-refractivity contribution >= 4 is 17.7 Å². The number of amides is 1. The molecule has 0 unspecified atom stereocenters. The maximum absolute atomic E-state index is 12.0. The van der Waals surface area contributed by atoms with E-state index in [1.54, 1.807) is 0 Å². The van der Waals surface area contributed by atoms with Gasteiger partial charge in [-0.05, 0) is 44.5 Å². The Labute approximate surface area is 146 Å². The van der Waals surface area contributed by atoms with Crippen LogP contribution in [0.3, 0.4) is 0 Å². The number of anilines is 1. The Hall–Kier alpha value is -3.02. The minimum atomic E-state index is -1.07. The second-order valence-corrected chi connectivity index (χ2v) is 6.42. The van der Waals surface area contributed by atoms with Gasteiger partial charge in [0, 0.05) is 0 Å². The topological polar surface area (TPSA) is 84.9 Å². The van der Waals surface area contributed by atoms with Crippen molar-refractivity contribution in [2.24, 2.45) is 0 Å². The second kappa shape index (κ2) is 7.70. The Morgan fingerprint density at radius 1 is 1.08 bits per heavy atom. The predicted molar refractivity (Wildman–Crippen MR) is 94.0 cm³/mol. The number of hydrogen-bond donors (Lipinski definition) is 2. The zero-order valence-electron chi connectivity index (χ0n) is 14.4. The van der Waals surface area contributed by atoms with Gasteiger partial charge >= 0.3 is 12.1 Å². The molecule has 0 saturated carbocycles. The number of ether oxygens (including phenoxy) is 2. The van der Waals surface area contributed by atoms with Gasteiger partial charge in [-0.3, -0.25) is 5.32 Å². The summed E-state index contributed by atoms with van der Waals surface area (Å²) in [4.78, 5) is 23.2. The van der Waals surface area contributed by atoms with Crippen molar-refractivity contribution in [3.63, 3.8) is 0 Å². The standard InChI is InChI=1S/C19H21NO5/c1-19(2,3)25-16-11-14(17(21)22)9-10-15(16)20-18(23)24-12-13-7-5-4-6-8-13/h4-11H,12H2,1-3H3,(H,20,23)(H,21,22). The fourth-order valence-corrected chi connectivity index (χ4v) is 2.04. The molecule has 6 nitrogen and oxygen atoms in total. The van der Waals surface area contributed by atoms with Crippen molar-refractivity contribution in [3.8, 4) is 5.75 Å². The van der Waals surface area contributed by atoms with E-state index >= 15 is 0 Å². The SMILES string of the molecule is CC(C)(C)Oc1cc(C(=O)O)ccc1NC(=O)OCc1ccccc1.